The van der Waals surface area contributed by atoms with E-state index in [0.717, 1.165) is 17.1 Å². The molecule has 0 spiro atoms. The number of rotatable bonds is 5. The number of hydrogen-bond donors (Lipinski definition) is 2. The average molecular weight is 341 g/mol. The van der Waals surface area contributed by atoms with Gasteiger partial charge in [0.25, 0.3) is 0 Å². The molecule has 0 aliphatic carbocycles. The molecule has 1 unspecified atom stereocenters. The number of hydrogen-bond acceptors (Lipinski definition) is 5. The number of ether oxygens (including phenoxy) is 2. The van der Waals surface area contributed by atoms with Gasteiger partial charge in [-0.15, -0.1) is 0 Å². The first-order chi connectivity index (χ1) is 12.0. The van der Waals surface area contributed by atoms with E-state index < -0.39 is 0 Å². The Morgan fingerprint density at radius 3 is 2.80 bits per heavy atom. The lowest BCUT2D eigenvalue weighted by molar-refractivity contribution is -0.115. The number of nitrogens with two attached hydrogens (primary N) is 1. The molecule has 1 heterocycles. The molecule has 0 saturated heterocycles. The molecule has 0 saturated carbocycles. The second-order valence-corrected chi connectivity index (χ2v) is 6.04. The van der Waals surface area contributed by atoms with E-state index >= 15 is 0 Å². The predicted molar refractivity (Wildman–Crippen MR) is 99.4 cm³/mol. The SMILES string of the molecule is CCOc1ccc(NC(=O)CN2CC(C)Oc3cc(N)ccc32)cc1. The van der Waals surface area contributed by atoms with Crippen LogP contribution in [-0.2, 0) is 4.79 Å². The summed E-state index contributed by atoms with van der Waals surface area (Å²) in [6.45, 7) is 5.42. The summed E-state index contributed by atoms with van der Waals surface area (Å²) in [6, 6.07) is 12.8. The first kappa shape index (κ1) is 17.0. The fraction of sp³-hybridized carbons (Fsp3) is 0.316. The highest BCUT2D eigenvalue weighted by molar-refractivity contribution is 5.94. The minimum Gasteiger partial charge on any atom is -0.494 e. The number of carbonyl (C=O) groups excluding carboxylic acids is 1. The monoisotopic (exact) mass is 341 g/mol. The van der Waals surface area contributed by atoms with Crippen LogP contribution in [0.5, 0.6) is 11.5 Å². The van der Waals surface area contributed by atoms with Gasteiger partial charge in [-0.2, -0.15) is 0 Å². The molecule has 1 aliphatic heterocycles. The molecule has 2 aromatic rings. The van der Waals surface area contributed by atoms with Gasteiger partial charge in [0.05, 0.1) is 25.4 Å². The molecule has 1 amide bonds. The number of fused-ring (bicyclic) bond motifs is 1. The summed E-state index contributed by atoms with van der Waals surface area (Å²) in [5.74, 6) is 1.42. The topological polar surface area (TPSA) is 76.8 Å². The molecule has 25 heavy (non-hydrogen) atoms. The third-order valence-electron chi connectivity index (χ3n) is 3.91. The van der Waals surface area contributed by atoms with Crippen molar-refractivity contribution in [2.45, 2.75) is 20.0 Å². The van der Waals surface area contributed by atoms with Crippen molar-refractivity contribution in [1.82, 2.24) is 0 Å². The molecule has 1 aliphatic rings. The van der Waals surface area contributed by atoms with Crippen LogP contribution in [0.3, 0.4) is 0 Å². The van der Waals surface area contributed by atoms with Crippen LogP contribution >= 0.6 is 0 Å². The molecule has 0 fully saturated rings. The van der Waals surface area contributed by atoms with Crippen LogP contribution in [0.25, 0.3) is 0 Å². The Hall–Kier alpha value is -2.89. The van der Waals surface area contributed by atoms with Crippen LogP contribution in [0.2, 0.25) is 0 Å². The van der Waals surface area contributed by atoms with Gasteiger partial charge in [-0.25, -0.2) is 0 Å². The number of amides is 1. The number of nitrogens with one attached hydrogen (secondary N) is 1. The van der Waals surface area contributed by atoms with Crippen LogP contribution in [0.1, 0.15) is 13.8 Å². The fourth-order valence-corrected chi connectivity index (χ4v) is 2.87. The maximum Gasteiger partial charge on any atom is 0.243 e. The van der Waals surface area contributed by atoms with Crippen molar-refractivity contribution in [3.8, 4) is 11.5 Å². The van der Waals surface area contributed by atoms with E-state index in [1.54, 1.807) is 6.07 Å². The Morgan fingerprint density at radius 2 is 2.08 bits per heavy atom. The highest BCUT2D eigenvalue weighted by atomic mass is 16.5. The first-order valence-corrected chi connectivity index (χ1v) is 8.39. The fourth-order valence-electron chi connectivity index (χ4n) is 2.87. The largest absolute Gasteiger partial charge is 0.494 e. The van der Waals surface area contributed by atoms with Crippen LogP contribution < -0.4 is 25.4 Å². The molecule has 6 heteroatoms. The third kappa shape index (κ3) is 4.15. The lowest BCUT2D eigenvalue weighted by Crippen LogP contribution is -2.42. The predicted octanol–water partition coefficient (Wildman–Crippen LogP) is 2.89. The Morgan fingerprint density at radius 1 is 1.32 bits per heavy atom. The van der Waals surface area contributed by atoms with Crippen molar-refractivity contribution in [1.29, 1.82) is 0 Å². The zero-order chi connectivity index (χ0) is 17.8. The minimum atomic E-state index is -0.0824. The lowest BCUT2D eigenvalue weighted by atomic mass is 10.2. The Labute approximate surface area is 147 Å². The summed E-state index contributed by atoms with van der Waals surface area (Å²) in [7, 11) is 0. The Bertz CT molecular complexity index is 746. The van der Waals surface area contributed by atoms with Crippen LogP contribution in [0.15, 0.2) is 42.5 Å². The van der Waals surface area contributed by atoms with Crippen molar-refractivity contribution in [3.63, 3.8) is 0 Å². The van der Waals surface area contributed by atoms with Gasteiger partial charge in [0.15, 0.2) is 0 Å². The van der Waals surface area contributed by atoms with Crippen LogP contribution in [-0.4, -0.2) is 31.7 Å². The molecular formula is C19H23N3O3. The summed E-state index contributed by atoms with van der Waals surface area (Å²) in [5, 5.41) is 2.91. The molecule has 0 bridgehead atoms. The second kappa shape index (κ2) is 7.34. The van der Waals surface area contributed by atoms with Gasteiger partial charge in [0, 0.05) is 17.4 Å². The van der Waals surface area contributed by atoms with Gasteiger partial charge in [-0.1, -0.05) is 0 Å². The van der Waals surface area contributed by atoms with Gasteiger partial charge in [0.2, 0.25) is 5.91 Å². The number of benzene rings is 2. The summed E-state index contributed by atoms with van der Waals surface area (Å²) < 4.78 is 11.2. The molecule has 1 atom stereocenters. The van der Waals surface area contributed by atoms with E-state index in [1.165, 1.54) is 0 Å². The molecule has 3 N–H and O–H groups in total. The van der Waals surface area contributed by atoms with Crippen molar-refractivity contribution in [2.24, 2.45) is 0 Å². The van der Waals surface area contributed by atoms with Crippen molar-refractivity contribution in [2.75, 3.05) is 35.6 Å². The van der Waals surface area contributed by atoms with Gasteiger partial charge in [-0.3, -0.25) is 4.79 Å². The zero-order valence-corrected chi connectivity index (χ0v) is 14.5. The van der Waals surface area contributed by atoms with Crippen molar-refractivity contribution in [3.05, 3.63) is 42.5 Å². The first-order valence-electron chi connectivity index (χ1n) is 8.39. The van der Waals surface area contributed by atoms with E-state index in [-0.39, 0.29) is 18.6 Å². The molecule has 0 aromatic heterocycles. The highest BCUT2D eigenvalue weighted by Crippen LogP contribution is 2.34. The Kier molecular flexibility index (Phi) is 4.97. The van der Waals surface area contributed by atoms with E-state index in [0.29, 0.717) is 24.6 Å². The van der Waals surface area contributed by atoms with Crippen LogP contribution in [0, 0.1) is 0 Å². The van der Waals surface area contributed by atoms with Gasteiger partial charge < -0.3 is 25.4 Å². The summed E-state index contributed by atoms with van der Waals surface area (Å²) in [5.41, 5.74) is 8.09. The number of nitrogens with zero attached hydrogens (tertiary/aromatic N) is 1. The molecule has 2 aromatic carbocycles. The lowest BCUT2D eigenvalue weighted by Gasteiger charge is -2.34. The number of carbonyl (C=O) groups is 1. The minimum absolute atomic E-state index is 0.00687. The number of anilines is 3. The quantitative estimate of drug-likeness (QED) is 0.818. The van der Waals surface area contributed by atoms with Gasteiger partial charge in [0.1, 0.15) is 17.6 Å². The Balaban J connectivity index is 1.67. The summed E-state index contributed by atoms with van der Waals surface area (Å²) in [6.07, 6.45) is -0.00687. The van der Waals surface area contributed by atoms with E-state index in [2.05, 4.69) is 5.32 Å². The molecular weight excluding hydrogens is 318 g/mol. The zero-order valence-electron chi connectivity index (χ0n) is 14.5. The van der Waals surface area contributed by atoms with Crippen LogP contribution in [0.4, 0.5) is 17.1 Å². The average Bonchev–Trinajstić information content (AvgIpc) is 2.56. The molecule has 3 rings (SSSR count). The highest BCUT2D eigenvalue weighted by Gasteiger charge is 2.24. The standard InChI is InChI=1S/C19H23N3O3/c1-3-24-16-7-5-15(6-8-16)21-19(23)12-22-11-13(2)25-18-10-14(20)4-9-17(18)22/h4-10,13H,3,11-12,20H2,1-2H3,(H,21,23). The van der Waals surface area contributed by atoms with E-state index in [9.17, 15) is 4.79 Å². The molecule has 6 nitrogen and oxygen atoms in total. The van der Waals surface area contributed by atoms with E-state index in [1.807, 2.05) is 55.1 Å². The smallest absolute Gasteiger partial charge is 0.243 e. The maximum absolute atomic E-state index is 12.4. The summed E-state index contributed by atoms with van der Waals surface area (Å²) in [4.78, 5) is 14.4. The summed E-state index contributed by atoms with van der Waals surface area (Å²) >= 11 is 0. The van der Waals surface area contributed by atoms with E-state index in [4.69, 9.17) is 15.2 Å². The number of nitrogen functional groups attached to an aromatic ring is 1. The second-order valence-electron chi connectivity index (χ2n) is 6.04. The molecule has 0 radical (unpaired) electrons. The van der Waals surface area contributed by atoms with Crippen molar-refractivity contribution < 1.29 is 14.3 Å². The molecule has 132 valence electrons. The third-order valence-corrected chi connectivity index (χ3v) is 3.91. The van der Waals surface area contributed by atoms with Crippen molar-refractivity contribution >= 4 is 23.0 Å². The normalized spacial score (nSPS) is 15.9. The van der Waals surface area contributed by atoms with Gasteiger partial charge >= 0.3 is 0 Å². The maximum atomic E-state index is 12.4. The van der Waals surface area contributed by atoms with Gasteiger partial charge in [-0.05, 0) is 50.2 Å².